The molecule has 2 rings (SSSR count). The summed E-state index contributed by atoms with van der Waals surface area (Å²) in [5.74, 6) is -1.96. The van der Waals surface area contributed by atoms with Gasteiger partial charge in [-0.05, 0) is 19.1 Å². The van der Waals surface area contributed by atoms with Gasteiger partial charge in [0.15, 0.2) is 5.82 Å². The third-order valence-corrected chi connectivity index (χ3v) is 2.94. The van der Waals surface area contributed by atoms with Crippen molar-refractivity contribution in [2.75, 3.05) is 5.32 Å². The van der Waals surface area contributed by atoms with Crippen molar-refractivity contribution in [2.24, 2.45) is 0 Å². The van der Waals surface area contributed by atoms with E-state index in [2.05, 4.69) is 5.32 Å². The molecule has 0 bridgehead atoms. The van der Waals surface area contributed by atoms with Crippen LogP contribution in [-0.2, 0) is 13.1 Å². The van der Waals surface area contributed by atoms with Crippen molar-refractivity contribution in [1.29, 1.82) is 0 Å². The Morgan fingerprint density at radius 1 is 1.40 bits per heavy atom. The van der Waals surface area contributed by atoms with Gasteiger partial charge >= 0.3 is 0 Å². The first kappa shape index (κ1) is 14.0. The maximum atomic E-state index is 13.7. The Kier molecular flexibility index (Phi) is 3.97. The predicted octanol–water partition coefficient (Wildman–Crippen LogP) is 3.31. The van der Waals surface area contributed by atoms with Gasteiger partial charge in [0.1, 0.15) is 11.5 Å². The number of halogens is 2. The number of benzene rings is 1. The molecule has 20 heavy (non-hydrogen) atoms. The van der Waals surface area contributed by atoms with E-state index in [1.165, 1.54) is 0 Å². The van der Waals surface area contributed by atoms with Crippen LogP contribution < -0.4 is 5.32 Å². The molecule has 1 aromatic carbocycles. The lowest BCUT2D eigenvalue weighted by Gasteiger charge is -2.10. The number of aromatic nitrogens is 1. The Labute approximate surface area is 114 Å². The van der Waals surface area contributed by atoms with Gasteiger partial charge in [-0.15, -0.1) is 0 Å². The summed E-state index contributed by atoms with van der Waals surface area (Å²) in [6.07, 6.45) is 1.85. The van der Waals surface area contributed by atoms with Crippen LogP contribution in [0, 0.1) is 21.7 Å². The smallest absolute Gasteiger partial charge is 0.298 e. The number of rotatable bonds is 5. The van der Waals surface area contributed by atoms with E-state index in [9.17, 15) is 18.9 Å². The molecule has 0 aliphatic rings. The summed E-state index contributed by atoms with van der Waals surface area (Å²) in [7, 11) is 0. The molecular formula is C13H13F2N3O2. The molecule has 0 unspecified atom stereocenters. The summed E-state index contributed by atoms with van der Waals surface area (Å²) >= 11 is 0. The van der Waals surface area contributed by atoms with Crippen molar-refractivity contribution >= 4 is 11.4 Å². The average Bonchev–Trinajstić information content (AvgIpc) is 2.84. The summed E-state index contributed by atoms with van der Waals surface area (Å²) in [5, 5.41) is 13.5. The van der Waals surface area contributed by atoms with Crippen molar-refractivity contribution in [3.63, 3.8) is 0 Å². The lowest BCUT2D eigenvalue weighted by atomic mass is 10.2. The molecule has 0 saturated heterocycles. The number of hydrogen-bond acceptors (Lipinski definition) is 3. The van der Waals surface area contributed by atoms with Crippen molar-refractivity contribution in [2.45, 2.75) is 20.0 Å². The maximum Gasteiger partial charge on any atom is 0.298 e. The largest absolute Gasteiger partial charge is 0.372 e. The van der Waals surface area contributed by atoms with Crippen LogP contribution in [-0.4, -0.2) is 9.49 Å². The zero-order valence-electron chi connectivity index (χ0n) is 10.8. The molecule has 7 heteroatoms. The van der Waals surface area contributed by atoms with Crippen LogP contribution in [0.5, 0.6) is 0 Å². The van der Waals surface area contributed by atoms with Crippen LogP contribution in [0.25, 0.3) is 0 Å². The van der Waals surface area contributed by atoms with Crippen LogP contribution in [0.3, 0.4) is 0 Å². The van der Waals surface area contributed by atoms with Gasteiger partial charge in [0, 0.05) is 24.5 Å². The van der Waals surface area contributed by atoms with E-state index in [0.29, 0.717) is 12.1 Å². The fraction of sp³-hybridized carbons (Fsp3) is 0.231. The minimum Gasteiger partial charge on any atom is -0.372 e. The molecule has 1 heterocycles. The first-order valence-corrected chi connectivity index (χ1v) is 6.04. The first-order valence-electron chi connectivity index (χ1n) is 6.04. The first-order chi connectivity index (χ1) is 9.52. The van der Waals surface area contributed by atoms with Crippen molar-refractivity contribution < 1.29 is 13.7 Å². The van der Waals surface area contributed by atoms with Crippen LogP contribution in [0.15, 0.2) is 30.5 Å². The van der Waals surface area contributed by atoms with Gasteiger partial charge < -0.3 is 9.88 Å². The highest BCUT2D eigenvalue weighted by Gasteiger charge is 2.20. The highest BCUT2D eigenvalue weighted by Crippen LogP contribution is 2.29. The Morgan fingerprint density at radius 3 is 2.80 bits per heavy atom. The topological polar surface area (TPSA) is 60.1 Å². The van der Waals surface area contributed by atoms with Crippen LogP contribution in [0.1, 0.15) is 12.6 Å². The van der Waals surface area contributed by atoms with Crippen LogP contribution in [0.2, 0.25) is 0 Å². The van der Waals surface area contributed by atoms with Crippen LogP contribution in [0.4, 0.5) is 20.2 Å². The highest BCUT2D eigenvalue weighted by atomic mass is 19.1. The standard InChI is InChI=1S/C13H13F2N3O2/c1-2-17-5-3-4-10(17)8-16-13-11(15)6-9(14)7-12(13)18(19)20/h3-7,16H,2,8H2,1H3. The summed E-state index contributed by atoms with van der Waals surface area (Å²) in [6, 6.07) is 4.97. The molecule has 1 N–H and O–H groups in total. The van der Waals surface area contributed by atoms with E-state index in [-0.39, 0.29) is 12.2 Å². The molecule has 0 atom stereocenters. The van der Waals surface area contributed by atoms with E-state index < -0.39 is 22.2 Å². The number of nitrogens with one attached hydrogen (secondary N) is 1. The Hall–Kier alpha value is -2.44. The summed E-state index contributed by atoms with van der Waals surface area (Å²) < 4.78 is 28.6. The summed E-state index contributed by atoms with van der Waals surface area (Å²) in [6.45, 7) is 2.90. The lowest BCUT2D eigenvalue weighted by molar-refractivity contribution is -0.384. The fourth-order valence-corrected chi connectivity index (χ4v) is 1.98. The van der Waals surface area contributed by atoms with Crippen molar-refractivity contribution in [3.05, 3.63) is 57.9 Å². The van der Waals surface area contributed by atoms with E-state index >= 15 is 0 Å². The Bertz CT molecular complexity index is 641. The SMILES string of the molecule is CCn1cccc1CNc1c(F)cc(F)cc1[N+](=O)[O-]. The average molecular weight is 281 g/mol. The quantitative estimate of drug-likeness (QED) is 0.675. The van der Waals surface area contributed by atoms with E-state index in [0.717, 1.165) is 12.2 Å². The number of aryl methyl sites for hydroxylation is 1. The molecule has 0 aliphatic carbocycles. The fourth-order valence-electron chi connectivity index (χ4n) is 1.98. The molecule has 1 aromatic heterocycles. The number of nitro benzene ring substituents is 1. The van der Waals surface area contributed by atoms with Gasteiger partial charge in [-0.25, -0.2) is 8.78 Å². The zero-order chi connectivity index (χ0) is 14.7. The minimum absolute atomic E-state index is 0.213. The molecule has 0 saturated carbocycles. The molecular weight excluding hydrogens is 268 g/mol. The molecule has 0 spiro atoms. The van der Waals surface area contributed by atoms with Gasteiger partial charge in [0.25, 0.3) is 5.69 Å². The Morgan fingerprint density at radius 2 is 2.15 bits per heavy atom. The number of hydrogen-bond donors (Lipinski definition) is 1. The molecule has 0 fully saturated rings. The lowest BCUT2D eigenvalue weighted by Crippen LogP contribution is -2.09. The molecule has 0 amide bonds. The summed E-state index contributed by atoms with van der Waals surface area (Å²) in [5.41, 5.74) is -0.0668. The molecule has 2 aromatic rings. The normalized spacial score (nSPS) is 10.6. The monoisotopic (exact) mass is 281 g/mol. The van der Waals surface area contributed by atoms with Gasteiger partial charge in [-0.1, -0.05) is 0 Å². The second-order valence-corrected chi connectivity index (χ2v) is 4.18. The Balaban J connectivity index is 2.27. The minimum atomic E-state index is -0.980. The summed E-state index contributed by atoms with van der Waals surface area (Å²) in [4.78, 5) is 10.0. The second kappa shape index (κ2) is 5.68. The van der Waals surface area contributed by atoms with E-state index in [4.69, 9.17) is 0 Å². The molecule has 5 nitrogen and oxygen atoms in total. The molecule has 0 aliphatic heterocycles. The van der Waals surface area contributed by atoms with Gasteiger partial charge in [0.05, 0.1) is 17.5 Å². The van der Waals surface area contributed by atoms with E-state index in [1.54, 1.807) is 0 Å². The highest BCUT2D eigenvalue weighted by molar-refractivity contribution is 5.62. The van der Waals surface area contributed by atoms with Crippen LogP contribution >= 0.6 is 0 Å². The predicted molar refractivity (Wildman–Crippen MR) is 70.4 cm³/mol. The van der Waals surface area contributed by atoms with Gasteiger partial charge in [-0.2, -0.15) is 0 Å². The van der Waals surface area contributed by atoms with Gasteiger partial charge in [-0.3, -0.25) is 10.1 Å². The number of nitrogens with zero attached hydrogens (tertiary/aromatic N) is 2. The maximum absolute atomic E-state index is 13.7. The third-order valence-electron chi connectivity index (χ3n) is 2.94. The third kappa shape index (κ3) is 2.76. The number of nitro groups is 1. The molecule has 0 radical (unpaired) electrons. The van der Waals surface area contributed by atoms with Gasteiger partial charge in [0.2, 0.25) is 0 Å². The number of anilines is 1. The van der Waals surface area contributed by atoms with Crippen molar-refractivity contribution in [3.8, 4) is 0 Å². The zero-order valence-corrected chi connectivity index (χ0v) is 10.8. The second-order valence-electron chi connectivity index (χ2n) is 4.18. The van der Waals surface area contributed by atoms with E-state index in [1.807, 2.05) is 29.8 Å². The molecule has 106 valence electrons. The van der Waals surface area contributed by atoms with Crippen molar-refractivity contribution in [1.82, 2.24) is 4.57 Å².